The van der Waals surface area contributed by atoms with E-state index >= 15 is 0 Å². The molecule has 0 radical (unpaired) electrons. The Morgan fingerprint density at radius 3 is 2.54 bits per heavy atom. The maximum Gasteiger partial charge on any atom is 0.305 e. The number of unbranched alkanes of at least 4 members (excludes halogenated alkanes) is 2. The van der Waals surface area contributed by atoms with Gasteiger partial charge in [0, 0.05) is 6.42 Å². The van der Waals surface area contributed by atoms with Crippen molar-refractivity contribution in [2.75, 3.05) is 7.11 Å². The Morgan fingerprint density at radius 1 is 1.12 bits per heavy atom. The Balaban J connectivity index is 2.65. The zero-order chi connectivity index (χ0) is 19.4. The number of aliphatic hydroxyl groups excluding tert-OH is 3. The molecule has 26 heavy (non-hydrogen) atoms. The first-order valence-corrected chi connectivity index (χ1v) is 9.37. The normalized spacial score (nSPS) is 15.0. The van der Waals surface area contributed by atoms with Crippen LogP contribution in [0.25, 0.3) is 6.08 Å². The molecule has 0 amide bonds. The van der Waals surface area contributed by atoms with Crippen LogP contribution in [0.1, 0.15) is 69.1 Å². The van der Waals surface area contributed by atoms with E-state index in [-0.39, 0.29) is 12.4 Å². The van der Waals surface area contributed by atoms with E-state index in [1.165, 1.54) is 7.11 Å². The van der Waals surface area contributed by atoms with Gasteiger partial charge in [0.25, 0.3) is 0 Å². The Kier molecular flexibility index (Phi) is 10.9. The topological polar surface area (TPSA) is 87.0 Å². The average molecular weight is 364 g/mol. The van der Waals surface area contributed by atoms with Gasteiger partial charge in [-0.25, -0.2) is 0 Å². The van der Waals surface area contributed by atoms with Crippen molar-refractivity contribution in [3.63, 3.8) is 0 Å². The van der Waals surface area contributed by atoms with Crippen molar-refractivity contribution in [1.82, 2.24) is 0 Å². The van der Waals surface area contributed by atoms with Crippen LogP contribution in [0.3, 0.4) is 0 Å². The summed E-state index contributed by atoms with van der Waals surface area (Å²) < 4.78 is 4.57. The number of hydrogen-bond acceptors (Lipinski definition) is 5. The standard InChI is InChI=1S/C21H32O5/c1-3-4-5-12-19(23)21(25)18-11-7-6-9-16(18)14-15-17(22)10-8-13-20(24)26-2/h6-7,9,11,14-15,17,19,21-23,25H,3-5,8,10,12-13H2,1-2H3/t17-,19+,21+/m0/s1. The minimum absolute atomic E-state index is 0.278. The molecule has 0 aromatic heterocycles. The van der Waals surface area contributed by atoms with Crippen LogP contribution in [-0.2, 0) is 9.53 Å². The van der Waals surface area contributed by atoms with E-state index in [4.69, 9.17) is 0 Å². The number of hydrogen-bond donors (Lipinski definition) is 3. The lowest BCUT2D eigenvalue weighted by Gasteiger charge is -2.20. The second-order valence-corrected chi connectivity index (χ2v) is 6.53. The van der Waals surface area contributed by atoms with Crippen molar-refractivity contribution in [1.29, 1.82) is 0 Å². The summed E-state index contributed by atoms with van der Waals surface area (Å²) in [5.41, 5.74) is 1.41. The predicted octanol–water partition coefficient (Wildman–Crippen LogP) is 3.38. The molecule has 0 aliphatic heterocycles. The van der Waals surface area contributed by atoms with Gasteiger partial charge in [0.15, 0.2) is 0 Å². The van der Waals surface area contributed by atoms with Crippen molar-refractivity contribution in [3.8, 4) is 0 Å². The number of ether oxygens (including phenoxy) is 1. The minimum Gasteiger partial charge on any atom is -0.469 e. The van der Waals surface area contributed by atoms with E-state index in [9.17, 15) is 20.1 Å². The fraction of sp³-hybridized carbons (Fsp3) is 0.571. The van der Waals surface area contributed by atoms with Crippen LogP contribution in [0.5, 0.6) is 0 Å². The van der Waals surface area contributed by atoms with Gasteiger partial charge in [0.1, 0.15) is 6.10 Å². The Morgan fingerprint density at radius 2 is 1.85 bits per heavy atom. The molecule has 0 saturated carbocycles. The average Bonchev–Trinajstić information content (AvgIpc) is 2.65. The third kappa shape index (κ3) is 8.13. The highest BCUT2D eigenvalue weighted by molar-refractivity contribution is 5.69. The second kappa shape index (κ2) is 12.6. The third-order valence-corrected chi connectivity index (χ3v) is 4.39. The summed E-state index contributed by atoms with van der Waals surface area (Å²) in [6.45, 7) is 2.10. The molecule has 0 unspecified atom stereocenters. The molecule has 0 heterocycles. The first-order chi connectivity index (χ1) is 12.5. The maximum atomic E-state index is 11.1. The Labute approximate surface area is 156 Å². The molecule has 0 spiro atoms. The highest BCUT2D eigenvalue weighted by Crippen LogP contribution is 2.25. The van der Waals surface area contributed by atoms with Crippen molar-refractivity contribution in [3.05, 3.63) is 41.5 Å². The van der Waals surface area contributed by atoms with E-state index in [1.54, 1.807) is 18.2 Å². The van der Waals surface area contributed by atoms with E-state index in [1.807, 2.05) is 18.2 Å². The molecule has 5 heteroatoms. The van der Waals surface area contributed by atoms with Crippen molar-refractivity contribution >= 4 is 12.0 Å². The van der Waals surface area contributed by atoms with Gasteiger partial charge in [-0.15, -0.1) is 0 Å². The van der Waals surface area contributed by atoms with Crippen LogP contribution in [0, 0.1) is 0 Å². The molecule has 5 nitrogen and oxygen atoms in total. The van der Waals surface area contributed by atoms with Crippen LogP contribution in [0.15, 0.2) is 30.3 Å². The predicted molar refractivity (Wildman–Crippen MR) is 102 cm³/mol. The summed E-state index contributed by atoms with van der Waals surface area (Å²) in [6.07, 6.45) is 5.76. The van der Waals surface area contributed by atoms with Crippen LogP contribution < -0.4 is 0 Å². The van der Waals surface area contributed by atoms with Gasteiger partial charge in [0.2, 0.25) is 0 Å². The number of benzene rings is 1. The number of carbonyl (C=O) groups excluding carboxylic acids is 1. The molecule has 3 atom stereocenters. The molecule has 146 valence electrons. The Bertz CT molecular complexity index is 555. The molecule has 0 bridgehead atoms. The monoisotopic (exact) mass is 364 g/mol. The molecule has 1 aromatic carbocycles. The first-order valence-electron chi connectivity index (χ1n) is 9.37. The molecule has 0 aliphatic carbocycles. The van der Waals surface area contributed by atoms with E-state index < -0.39 is 18.3 Å². The molecule has 1 rings (SSSR count). The number of esters is 1. The fourth-order valence-corrected chi connectivity index (χ4v) is 2.77. The van der Waals surface area contributed by atoms with Gasteiger partial charge < -0.3 is 20.1 Å². The fourth-order valence-electron chi connectivity index (χ4n) is 2.77. The van der Waals surface area contributed by atoms with E-state index in [2.05, 4.69) is 11.7 Å². The van der Waals surface area contributed by atoms with Gasteiger partial charge in [0.05, 0.1) is 19.3 Å². The van der Waals surface area contributed by atoms with Gasteiger partial charge in [-0.05, 0) is 30.4 Å². The molecule has 0 saturated heterocycles. The quantitative estimate of drug-likeness (QED) is 0.391. The van der Waals surface area contributed by atoms with Crippen molar-refractivity contribution in [2.45, 2.75) is 70.2 Å². The van der Waals surface area contributed by atoms with Gasteiger partial charge in [-0.1, -0.05) is 62.6 Å². The first kappa shape index (κ1) is 22.4. The van der Waals surface area contributed by atoms with Crippen LogP contribution in [0.4, 0.5) is 0 Å². The summed E-state index contributed by atoms with van der Waals surface area (Å²) in [5.74, 6) is -0.285. The SMILES string of the molecule is CCCCC[C@@H](O)[C@H](O)c1ccccc1C=C[C@@H](O)CCCC(=O)OC. The number of rotatable bonds is 12. The van der Waals surface area contributed by atoms with Gasteiger partial charge in [-0.2, -0.15) is 0 Å². The zero-order valence-electron chi connectivity index (χ0n) is 15.8. The Hall–Kier alpha value is -1.69. The lowest BCUT2D eigenvalue weighted by molar-refractivity contribution is -0.140. The summed E-state index contributed by atoms with van der Waals surface area (Å²) in [7, 11) is 1.34. The maximum absolute atomic E-state index is 11.1. The van der Waals surface area contributed by atoms with Crippen molar-refractivity contribution in [2.24, 2.45) is 0 Å². The van der Waals surface area contributed by atoms with E-state index in [0.717, 1.165) is 24.8 Å². The smallest absolute Gasteiger partial charge is 0.305 e. The number of carbonyl (C=O) groups is 1. The number of methoxy groups -OCH3 is 1. The van der Waals surface area contributed by atoms with Crippen LogP contribution in [-0.4, -0.2) is 40.6 Å². The summed E-state index contributed by atoms with van der Waals surface area (Å²) in [5, 5.41) is 30.7. The molecular weight excluding hydrogens is 332 g/mol. The summed E-state index contributed by atoms with van der Waals surface area (Å²) in [6, 6.07) is 7.30. The van der Waals surface area contributed by atoms with Crippen LogP contribution >= 0.6 is 0 Å². The largest absolute Gasteiger partial charge is 0.469 e. The summed E-state index contributed by atoms with van der Waals surface area (Å²) in [4.78, 5) is 11.1. The zero-order valence-corrected chi connectivity index (χ0v) is 15.8. The molecule has 1 aromatic rings. The highest BCUT2D eigenvalue weighted by atomic mass is 16.5. The van der Waals surface area contributed by atoms with Gasteiger partial charge >= 0.3 is 5.97 Å². The minimum atomic E-state index is -0.954. The second-order valence-electron chi connectivity index (χ2n) is 6.53. The lowest BCUT2D eigenvalue weighted by atomic mass is 9.95. The lowest BCUT2D eigenvalue weighted by Crippen LogP contribution is -2.19. The molecular formula is C21H32O5. The highest BCUT2D eigenvalue weighted by Gasteiger charge is 2.19. The third-order valence-electron chi connectivity index (χ3n) is 4.39. The summed E-state index contributed by atoms with van der Waals surface area (Å²) >= 11 is 0. The molecule has 0 aliphatic rings. The van der Waals surface area contributed by atoms with Crippen LogP contribution in [0.2, 0.25) is 0 Å². The number of aliphatic hydroxyl groups is 3. The van der Waals surface area contributed by atoms with Gasteiger partial charge in [-0.3, -0.25) is 4.79 Å². The van der Waals surface area contributed by atoms with Crippen molar-refractivity contribution < 1.29 is 24.9 Å². The van der Waals surface area contributed by atoms with E-state index in [0.29, 0.717) is 24.8 Å². The molecule has 3 N–H and O–H groups in total. The molecule has 0 fully saturated rings.